The van der Waals surface area contributed by atoms with E-state index in [4.69, 9.17) is 0 Å². The van der Waals surface area contributed by atoms with E-state index in [1.165, 1.54) is 0 Å². The van der Waals surface area contributed by atoms with Crippen molar-refractivity contribution in [2.45, 2.75) is 34.1 Å². The molecule has 0 radical (unpaired) electrons. The molecule has 2 unspecified atom stereocenters. The monoisotopic (exact) mass is 285 g/mol. The first-order valence-corrected chi connectivity index (χ1v) is 7.65. The first kappa shape index (κ1) is 15.7. The molecule has 0 fully saturated rings. The van der Waals surface area contributed by atoms with E-state index >= 15 is 0 Å². The summed E-state index contributed by atoms with van der Waals surface area (Å²) in [6.07, 6.45) is 8.53. The van der Waals surface area contributed by atoms with Crippen LogP contribution in [0.5, 0.6) is 0 Å². The van der Waals surface area contributed by atoms with Gasteiger partial charge in [-0.3, -0.25) is 4.98 Å². The summed E-state index contributed by atoms with van der Waals surface area (Å²) in [7, 11) is 0. The lowest BCUT2D eigenvalue weighted by Crippen LogP contribution is -2.22. The molecule has 1 aliphatic carbocycles. The molecule has 0 aromatic carbocycles. The average molecular weight is 285 g/mol. The molecule has 112 valence electrons. The van der Waals surface area contributed by atoms with Gasteiger partial charge in [0.1, 0.15) is 5.83 Å². The molecule has 1 nitrogen and oxygen atoms in total. The molecule has 2 heteroatoms. The van der Waals surface area contributed by atoms with Gasteiger partial charge in [-0.1, -0.05) is 38.1 Å². The molecule has 0 bridgehead atoms. The van der Waals surface area contributed by atoms with Crippen LogP contribution in [0.25, 0.3) is 5.57 Å². The van der Waals surface area contributed by atoms with Crippen LogP contribution in [-0.2, 0) is 0 Å². The molecule has 0 spiro atoms. The van der Waals surface area contributed by atoms with Crippen molar-refractivity contribution in [1.82, 2.24) is 4.98 Å². The molecular formula is C19H24FN. The minimum atomic E-state index is 0.00911. The van der Waals surface area contributed by atoms with Crippen LogP contribution in [-0.4, -0.2) is 4.98 Å². The normalized spacial score (nSPS) is 21.0. The third-order valence-corrected chi connectivity index (χ3v) is 4.21. The lowest BCUT2D eigenvalue weighted by Gasteiger charge is -2.32. The first-order valence-electron chi connectivity index (χ1n) is 7.65. The highest BCUT2D eigenvalue weighted by Crippen LogP contribution is 2.42. The van der Waals surface area contributed by atoms with E-state index in [1.807, 2.05) is 38.1 Å². The maximum absolute atomic E-state index is 14.2. The van der Waals surface area contributed by atoms with Gasteiger partial charge in [-0.05, 0) is 54.9 Å². The Morgan fingerprint density at radius 2 is 2.10 bits per heavy atom. The van der Waals surface area contributed by atoms with Crippen LogP contribution in [0.15, 0.2) is 54.0 Å². The van der Waals surface area contributed by atoms with E-state index in [9.17, 15) is 4.39 Å². The van der Waals surface area contributed by atoms with Gasteiger partial charge in [0.2, 0.25) is 0 Å². The zero-order valence-electron chi connectivity index (χ0n) is 13.3. The predicted molar refractivity (Wildman–Crippen MR) is 87.3 cm³/mol. The molecule has 1 aromatic rings. The van der Waals surface area contributed by atoms with Crippen LogP contribution in [0.2, 0.25) is 0 Å². The van der Waals surface area contributed by atoms with Crippen LogP contribution < -0.4 is 0 Å². The topological polar surface area (TPSA) is 12.9 Å². The molecule has 0 saturated heterocycles. The maximum Gasteiger partial charge on any atom is 0.103 e. The lowest BCUT2D eigenvalue weighted by atomic mass is 9.73. The highest BCUT2D eigenvalue weighted by Gasteiger charge is 2.31. The first-order chi connectivity index (χ1) is 10.0. The zero-order valence-corrected chi connectivity index (χ0v) is 13.3. The van der Waals surface area contributed by atoms with Gasteiger partial charge < -0.3 is 0 Å². The van der Waals surface area contributed by atoms with Crippen LogP contribution in [0.4, 0.5) is 4.39 Å². The molecule has 0 saturated carbocycles. The van der Waals surface area contributed by atoms with Crippen molar-refractivity contribution < 1.29 is 4.39 Å². The summed E-state index contributed by atoms with van der Waals surface area (Å²) >= 11 is 0. The number of nitrogens with zero attached hydrogens (tertiary/aromatic N) is 1. The minimum Gasteiger partial charge on any atom is -0.257 e. The second-order valence-electron chi connectivity index (χ2n) is 6.06. The largest absolute Gasteiger partial charge is 0.257 e. The van der Waals surface area contributed by atoms with Crippen LogP contribution >= 0.6 is 0 Å². The second kappa shape index (κ2) is 6.84. The summed E-state index contributed by atoms with van der Waals surface area (Å²) in [4.78, 5) is 4.48. The van der Waals surface area contributed by atoms with E-state index in [2.05, 4.69) is 31.0 Å². The van der Waals surface area contributed by atoms with Gasteiger partial charge in [0.15, 0.2) is 0 Å². The molecule has 1 aromatic heterocycles. The molecule has 0 amide bonds. The molecule has 0 N–H and O–H groups in total. The highest BCUT2D eigenvalue weighted by molar-refractivity contribution is 5.70. The van der Waals surface area contributed by atoms with Crippen molar-refractivity contribution in [3.05, 3.63) is 59.7 Å². The van der Waals surface area contributed by atoms with Gasteiger partial charge in [0.25, 0.3) is 0 Å². The Morgan fingerprint density at radius 3 is 2.67 bits per heavy atom. The number of aromatic nitrogens is 1. The van der Waals surface area contributed by atoms with Crippen molar-refractivity contribution in [3.8, 4) is 0 Å². The summed E-state index contributed by atoms with van der Waals surface area (Å²) in [6, 6.07) is 5.92. The van der Waals surface area contributed by atoms with E-state index in [-0.39, 0.29) is 11.7 Å². The van der Waals surface area contributed by atoms with Gasteiger partial charge in [0, 0.05) is 12.6 Å². The Kier molecular flexibility index (Phi) is 5.11. The van der Waals surface area contributed by atoms with Crippen molar-refractivity contribution in [2.75, 3.05) is 0 Å². The van der Waals surface area contributed by atoms with Gasteiger partial charge in [0.05, 0.1) is 5.69 Å². The lowest BCUT2D eigenvalue weighted by molar-refractivity contribution is 0.348. The van der Waals surface area contributed by atoms with Gasteiger partial charge in [-0.2, -0.15) is 0 Å². The molecular weight excluding hydrogens is 261 g/mol. The Bertz CT molecular complexity index is 566. The molecule has 1 heterocycles. The Labute approximate surface area is 127 Å². The van der Waals surface area contributed by atoms with Crippen molar-refractivity contribution in [2.24, 2.45) is 17.8 Å². The van der Waals surface area contributed by atoms with E-state index in [0.29, 0.717) is 18.3 Å². The summed E-state index contributed by atoms with van der Waals surface area (Å²) in [5.74, 6) is 0.946. The summed E-state index contributed by atoms with van der Waals surface area (Å²) in [5.41, 5.74) is 2.85. The molecule has 1 aliphatic rings. The number of rotatable bonds is 4. The van der Waals surface area contributed by atoms with Crippen molar-refractivity contribution in [1.29, 1.82) is 0 Å². The number of halogens is 1. The quantitative estimate of drug-likeness (QED) is 0.658. The van der Waals surface area contributed by atoms with Crippen LogP contribution in [0.3, 0.4) is 0 Å². The maximum atomic E-state index is 14.2. The number of hydrogen-bond acceptors (Lipinski definition) is 1. The fraction of sp³-hybridized carbons (Fsp3) is 0.421. The van der Waals surface area contributed by atoms with Crippen LogP contribution in [0.1, 0.15) is 39.8 Å². The van der Waals surface area contributed by atoms with Crippen LogP contribution in [0, 0.1) is 17.8 Å². The van der Waals surface area contributed by atoms with E-state index < -0.39 is 0 Å². The summed E-state index contributed by atoms with van der Waals surface area (Å²) in [5, 5.41) is 0. The Hall–Kier alpha value is -1.70. The fourth-order valence-electron chi connectivity index (χ4n) is 3.07. The molecule has 0 aliphatic heterocycles. The summed E-state index contributed by atoms with van der Waals surface area (Å²) < 4.78 is 14.2. The average Bonchev–Trinajstić information content (AvgIpc) is 2.48. The highest BCUT2D eigenvalue weighted by atomic mass is 19.1. The molecule has 21 heavy (non-hydrogen) atoms. The molecule has 2 rings (SSSR count). The SMILES string of the molecule is CC=CC(C(C)C)C1CC(F)=C(C)C=C1c1ccccn1. The van der Waals surface area contributed by atoms with Crippen molar-refractivity contribution in [3.63, 3.8) is 0 Å². The van der Waals surface area contributed by atoms with Gasteiger partial charge >= 0.3 is 0 Å². The Morgan fingerprint density at radius 1 is 1.33 bits per heavy atom. The van der Waals surface area contributed by atoms with E-state index in [0.717, 1.165) is 16.8 Å². The van der Waals surface area contributed by atoms with E-state index in [1.54, 1.807) is 6.20 Å². The molecule has 2 atom stereocenters. The van der Waals surface area contributed by atoms with Gasteiger partial charge in [-0.15, -0.1) is 0 Å². The third-order valence-electron chi connectivity index (χ3n) is 4.21. The van der Waals surface area contributed by atoms with Crippen molar-refractivity contribution >= 4 is 5.57 Å². The number of hydrogen-bond donors (Lipinski definition) is 0. The van der Waals surface area contributed by atoms with Gasteiger partial charge in [-0.25, -0.2) is 4.39 Å². The predicted octanol–water partition coefficient (Wildman–Crippen LogP) is 5.58. The third kappa shape index (κ3) is 3.49. The number of pyridine rings is 1. The Balaban J connectivity index is 2.47. The zero-order chi connectivity index (χ0) is 15.4. The summed E-state index contributed by atoms with van der Waals surface area (Å²) in [6.45, 7) is 8.27. The minimum absolute atomic E-state index is 0.00911. The number of allylic oxidation sites excluding steroid dienone is 6. The smallest absolute Gasteiger partial charge is 0.103 e. The second-order valence-corrected chi connectivity index (χ2v) is 6.06. The fourth-order valence-corrected chi connectivity index (χ4v) is 3.07. The standard InChI is InChI=1S/C19H24FN/c1-5-8-15(13(2)3)16-12-18(20)14(4)11-17(16)19-9-6-7-10-21-19/h5-11,13,15-16H,12H2,1-4H3.